The van der Waals surface area contributed by atoms with E-state index >= 15 is 0 Å². The summed E-state index contributed by atoms with van der Waals surface area (Å²) in [4.78, 5) is 8.33. The Bertz CT molecular complexity index is 31.5. The molecule has 7 heteroatoms. The van der Waals surface area contributed by atoms with Gasteiger partial charge < -0.3 is 31.4 Å². The van der Waals surface area contributed by atoms with E-state index in [1.54, 1.807) is 0 Å². The first-order valence-electron chi connectivity index (χ1n) is 0.612. The van der Waals surface area contributed by atoms with Crippen LogP contribution in [0.1, 0.15) is 0 Å². The maximum atomic E-state index is 8.33. The molecule has 0 aromatic carbocycles. The molecule has 0 aliphatic heterocycles. The zero-order valence-corrected chi connectivity index (χ0v) is 5.35. The zero-order chi connectivity index (χ0) is 3.58. The smallest absolute Gasteiger partial charge is 0.652 e. The van der Waals surface area contributed by atoms with Crippen molar-refractivity contribution in [1.82, 2.24) is 0 Å². The first-order chi connectivity index (χ1) is 1.73. The summed E-state index contributed by atoms with van der Waals surface area (Å²) < 4.78 is 0. The quantitative estimate of drug-likeness (QED) is 0.306. The Kier molecular flexibility index (Phi) is 158. The van der Waals surface area contributed by atoms with Crippen molar-refractivity contribution in [3.05, 3.63) is 0 Å². The van der Waals surface area contributed by atoms with Gasteiger partial charge in [-0.15, -0.1) is 0 Å². The third-order valence-electron chi connectivity index (χ3n) is 0. The fourth-order valence-corrected chi connectivity index (χ4v) is 0. The Hall–Kier alpha value is -0.0838. The maximum absolute atomic E-state index is 8.33. The van der Waals surface area contributed by atoms with Gasteiger partial charge in [-0.3, -0.25) is 0 Å². The molecule has 0 fully saturated rings. The summed E-state index contributed by atoms with van der Waals surface area (Å²) in [6.07, 6.45) is -2.33. The molecule has 0 aliphatic carbocycles. The fourth-order valence-electron chi connectivity index (χ4n) is 0. The number of hydrogen-bond donors (Lipinski definition) is 0. The molecule has 0 aromatic rings. The molecule has 0 atom stereocenters. The number of carboxylic acid groups (broad SMARTS) is 2. The van der Waals surface area contributed by atoms with Crippen LogP contribution in [0.4, 0.5) is 4.79 Å². The first-order valence-corrected chi connectivity index (χ1v) is 0.612. The van der Waals surface area contributed by atoms with Crippen LogP contribution in [0.3, 0.4) is 0 Å². The van der Waals surface area contributed by atoms with Crippen molar-refractivity contribution in [1.29, 1.82) is 0 Å². The number of carbonyl (C=O) groups excluding carboxylic acids is 1. The number of carbonyl (C=O) groups is 1. The van der Waals surface area contributed by atoms with Gasteiger partial charge in [0.05, 0.1) is 0 Å². The normalized spacial score (nSPS) is 3.00. The van der Waals surface area contributed by atoms with E-state index in [1.807, 2.05) is 0 Å². The summed E-state index contributed by atoms with van der Waals surface area (Å²) in [6, 6.07) is 0. The molecule has 0 bridgehead atoms. The summed E-state index contributed by atoms with van der Waals surface area (Å²) in [5.41, 5.74) is 0. The van der Waals surface area contributed by atoms with Gasteiger partial charge in [0.1, 0.15) is 0 Å². The van der Waals surface area contributed by atoms with Crippen molar-refractivity contribution in [3.8, 4) is 0 Å². The summed E-state index contributed by atoms with van der Waals surface area (Å²) in [5.74, 6) is 0. The van der Waals surface area contributed by atoms with E-state index in [1.165, 1.54) is 0 Å². The van der Waals surface area contributed by atoms with Crippen LogP contribution in [0.5, 0.6) is 0 Å². The Morgan fingerprint density at radius 1 is 1.00 bits per heavy atom. The van der Waals surface area contributed by atoms with Gasteiger partial charge in [-0.25, -0.2) is 0 Å². The van der Waals surface area contributed by atoms with Gasteiger partial charge in [0, 0.05) is 0 Å². The third kappa shape index (κ3) is 20400. The molecule has 6 nitrogen and oxygen atoms in total. The third-order valence-corrected chi connectivity index (χ3v) is 0. The number of rotatable bonds is 0. The van der Waals surface area contributed by atoms with Crippen molar-refractivity contribution in [2.75, 3.05) is 0 Å². The minimum atomic E-state index is -2.33. The van der Waals surface area contributed by atoms with Crippen LogP contribution in [-0.2, 0) is 0 Å². The van der Waals surface area contributed by atoms with Crippen LogP contribution >= 0.6 is 0 Å². The van der Waals surface area contributed by atoms with E-state index < -0.39 is 6.16 Å². The van der Waals surface area contributed by atoms with E-state index in [9.17, 15) is 0 Å². The van der Waals surface area contributed by atoms with Crippen LogP contribution in [0.15, 0.2) is 0 Å². The van der Waals surface area contributed by atoms with Gasteiger partial charge in [0.2, 0.25) is 0 Å². The second-order valence-electron chi connectivity index (χ2n) is 0.250. The molecule has 0 aliphatic rings. The summed E-state index contributed by atoms with van der Waals surface area (Å²) >= 11 is 0. The fraction of sp³-hybridized carbons (Fsp3) is 0. The van der Waals surface area contributed by atoms with Gasteiger partial charge in [-0.1, -0.05) is 0 Å². The average Bonchev–Trinajstić information content (AvgIpc) is 0.811. The average molecular weight is 138 g/mol. The minimum absolute atomic E-state index is 0. The van der Waals surface area contributed by atoms with Gasteiger partial charge in [0.25, 0.3) is 0 Å². The Balaban J connectivity index is -0.00000000750. The molecule has 0 aromatic heterocycles. The Morgan fingerprint density at radius 2 is 1.00 bits per heavy atom. The molecular formula is CH6MgO6. The molecule has 48 valence electrons. The molecule has 0 radical (unpaired) electrons. The van der Waals surface area contributed by atoms with E-state index in [2.05, 4.69) is 0 Å². The van der Waals surface area contributed by atoms with Gasteiger partial charge in [-0.05, 0) is 6.16 Å². The van der Waals surface area contributed by atoms with Crippen LogP contribution in [-0.4, -0.2) is 45.6 Å². The van der Waals surface area contributed by atoms with E-state index in [4.69, 9.17) is 15.0 Å². The molecule has 0 heterocycles. The van der Waals surface area contributed by atoms with E-state index in [0.29, 0.717) is 0 Å². The predicted molar refractivity (Wildman–Crippen MR) is 22.0 cm³/mol. The van der Waals surface area contributed by atoms with Crippen LogP contribution < -0.4 is 10.2 Å². The minimum Gasteiger partial charge on any atom is -0.652 e. The molecule has 0 unspecified atom stereocenters. The Morgan fingerprint density at radius 3 is 1.00 bits per heavy atom. The summed E-state index contributed by atoms with van der Waals surface area (Å²) in [7, 11) is 0. The molecule has 0 amide bonds. The van der Waals surface area contributed by atoms with Gasteiger partial charge in [0.15, 0.2) is 0 Å². The van der Waals surface area contributed by atoms with Gasteiger partial charge >= 0.3 is 23.1 Å². The van der Waals surface area contributed by atoms with Gasteiger partial charge in [-0.2, -0.15) is 0 Å². The standard InChI is InChI=1S/CH2O3.Mg.3H2O/c2-1(3)4;;;;/h(H2,2,3,4);;3*1H2/q;+2;;;/p-2. The van der Waals surface area contributed by atoms with Crippen LogP contribution in [0.25, 0.3) is 0 Å². The van der Waals surface area contributed by atoms with E-state index in [-0.39, 0.29) is 39.5 Å². The molecule has 0 spiro atoms. The second-order valence-corrected chi connectivity index (χ2v) is 0.250. The van der Waals surface area contributed by atoms with Crippen molar-refractivity contribution in [3.63, 3.8) is 0 Å². The molecule has 6 N–H and O–H groups in total. The predicted octanol–water partition coefficient (Wildman–Crippen LogP) is -5.30. The molecule has 0 rings (SSSR count). The van der Waals surface area contributed by atoms with Crippen molar-refractivity contribution < 1.29 is 31.4 Å². The van der Waals surface area contributed by atoms with Crippen LogP contribution in [0.2, 0.25) is 0 Å². The SMILES string of the molecule is O.O.O.O=C([O-])[O-].[Mg+2]. The zero-order valence-electron chi connectivity index (χ0n) is 3.93. The van der Waals surface area contributed by atoms with Crippen LogP contribution in [0, 0.1) is 0 Å². The Labute approximate surface area is 61.2 Å². The second kappa shape index (κ2) is 28.5. The van der Waals surface area contributed by atoms with Crippen molar-refractivity contribution >= 4 is 29.2 Å². The summed E-state index contributed by atoms with van der Waals surface area (Å²) in [5, 5.41) is 16.7. The van der Waals surface area contributed by atoms with E-state index in [0.717, 1.165) is 0 Å². The first kappa shape index (κ1) is 44.5. The molecule has 0 saturated carbocycles. The topological polar surface area (TPSA) is 158 Å². The number of hydrogen-bond acceptors (Lipinski definition) is 3. The largest absolute Gasteiger partial charge is 2.00 e. The van der Waals surface area contributed by atoms with Crippen molar-refractivity contribution in [2.45, 2.75) is 0 Å². The molecular weight excluding hydrogens is 132 g/mol. The molecule has 0 saturated heterocycles. The molecule has 8 heavy (non-hydrogen) atoms. The monoisotopic (exact) mass is 138 g/mol. The maximum Gasteiger partial charge on any atom is 2.00 e. The summed E-state index contributed by atoms with van der Waals surface area (Å²) in [6.45, 7) is 0. The van der Waals surface area contributed by atoms with Crippen molar-refractivity contribution in [2.24, 2.45) is 0 Å².